The van der Waals surface area contributed by atoms with E-state index in [1.54, 1.807) is 30.5 Å². The Kier molecular flexibility index (Phi) is 5.00. The number of carbonyl (C=O) groups excluding carboxylic acids is 1. The highest BCUT2D eigenvalue weighted by atomic mass is 32.2. The average molecular weight is 311 g/mol. The van der Waals surface area contributed by atoms with Crippen LogP contribution in [0.15, 0.2) is 6.20 Å². The Morgan fingerprint density at radius 1 is 1.57 bits per heavy atom. The molecule has 0 aromatic carbocycles. The molecule has 1 saturated heterocycles. The maximum atomic E-state index is 11.7. The highest BCUT2D eigenvalue weighted by molar-refractivity contribution is 7.99. The Labute approximate surface area is 126 Å². The predicted molar refractivity (Wildman–Crippen MR) is 78.8 cm³/mol. The maximum absolute atomic E-state index is 11.7. The number of ether oxygens (including phenoxy) is 1. The molecule has 0 saturated carbocycles. The van der Waals surface area contributed by atoms with Gasteiger partial charge < -0.3 is 14.7 Å². The Bertz CT molecular complexity index is 552. The molecule has 0 bridgehead atoms. The van der Waals surface area contributed by atoms with E-state index in [9.17, 15) is 14.7 Å². The van der Waals surface area contributed by atoms with E-state index in [-0.39, 0.29) is 6.61 Å². The van der Waals surface area contributed by atoms with Crippen LogP contribution in [0.5, 0.6) is 0 Å². The monoisotopic (exact) mass is 311 g/mol. The van der Waals surface area contributed by atoms with Crippen molar-refractivity contribution in [3.63, 3.8) is 0 Å². The van der Waals surface area contributed by atoms with Crippen molar-refractivity contribution in [3.05, 3.63) is 17.5 Å². The summed E-state index contributed by atoms with van der Waals surface area (Å²) in [5.74, 6) is 0.306. The lowest BCUT2D eigenvalue weighted by molar-refractivity contribution is -0.138. The Morgan fingerprint density at radius 2 is 2.33 bits per heavy atom. The minimum Gasteiger partial charge on any atom is -0.480 e. The first-order valence-electron chi connectivity index (χ1n) is 6.62. The summed E-state index contributed by atoms with van der Waals surface area (Å²) in [6.45, 7) is 4.27. The third-order valence-electron chi connectivity index (χ3n) is 3.13. The van der Waals surface area contributed by atoms with Crippen LogP contribution < -0.4 is 4.90 Å². The fourth-order valence-electron chi connectivity index (χ4n) is 2.05. The highest BCUT2D eigenvalue weighted by Gasteiger charge is 2.31. The lowest BCUT2D eigenvalue weighted by atomic mass is 10.2. The van der Waals surface area contributed by atoms with E-state index in [1.165, 1.54) is 6.20 Å². The molecule has 1 aromatic heterocycles. The highest BCUT2D eigenvalue weighted by Crippen LogP contribution is 2.22. The van der Waals surface area contributed by atoms with Crippen LogP contribution in [-0.2, 0) is 9.53 Å². The first-order valence-corrected chi connectivity index (χ1v) is 7.78. The topological polar surface area (TPSA) is 92.6 Å². The number of carboxylic acids is 1. The van der Waals surface area contributed by atoms with Gasteiger partial charge in [0, 0.05) is 24.2 Å². The Hall–Kier alpha value is -1.83. The predicted octanol–water partition coefficient (Wildman–Crippen LogP) is 0.968. The third-order valence-corrected chi connectivity index (χ3v) is 4.16. The number of aryl methyl sites for hydroxylation is 1. The SMILES string of the molecule is CCOC(=O)c1cnc(N2CCSCC2C(=O)O)nc1C. The summed E-state index contributed by atoms with van der Waals surface area (Å²) in [6.07, 6.45) is 1.40. The maximum Gasteiger partial charge on any atom is 0.341 e. The van der Waals surface area contributed by atoms with Gasteiger partial charge in [-0.15, -0.1) is 0 Å². The van der Waals surface area contributed by atoms with Gasteiger partial charge in [0.05, 0.1) is 17.9 Å². The number of carboxylic acid groups (broad SMARTS) is 1. The molecule has 0 amide bonds. The number of nitrogens with zero attached hydrogens (tertiary/aromatic N) is 3. The zero-order chi connectivity index (χ0) is 15.4. The number of anilines is 1. The molecule has 8 heteroatoms. The number of aliphatic carboxylic acids is 1. The van der Waals surface area contributed by atoms with Gasteiger partial charge in [-0.2, -0.15) is 11.8 Å². The van der Waals surface area contributed by atoms with Crippen molar-refractivity contribution in [1.29, 1.82) is 0 Å². The van der Waals surface area contributed by atoms with Crippen molar-refractivity contribution in [2.24, 2.45) is 0 Å². The van der Waals surface area contributed by atoms with Gasteiger partial charge in [0.2, 0.25) is 5.95 Å². The summed E-state index contributed by atoms with van der Waals surface area (Å²) in [5, 5.41) is 9.27. The second-order valence-corrected chi connectivity index (χ2v) is 5.66. The van der Waals surface area contributed by atoms with Crippen LogP contribution in [0, 0.1) is 6.92 Å². The summed E-state index contributed by atoms with van der Waals surface area (Å²) in [5.41, 5.74) is 0.791. The van der Waals surface area contributed by atoms with Crippen LogP contribution in [0.3, 0.4) is 0 Å². The molecule has 1 unspecified atom stereocenters. The summed E-state index contributed by atoms with van der Waals surface area (Å²) >= 11 is 1.60. The molecular formula is C13H17N3O4S. The molecule has 1 aliphatic heterocycles. The van der Waals surface area contributed by atoms with E-state index in [1.807, 2.05) is 0 Å². The molecule has 0 spiro atoms. The van der Waals surface area contributed by atoms with Crippen LogP contribution in [0.4, 0.5) is 5.95 Å². The minimum atomic E-state index is -0.891. The molecule has 114 valence electrons. The van der Waals surface area contributed by atoms with Gasteiger partial charge in [0.25, 0.3) is 0 Å². The van der Waals surface area contributed by atoms with Crippen LogP contribution in [0.25, 0.3) is 0 Å². The molecule has 2 heterocycles. The first-order chi connectivity index (χ1) is 10.0. The lowest BCUT2D eigenvalue weighted by Gasteiger charge is -2.32. The molecule has 1 fully saturated rings. The van der Waals surface area contributed by atoms with Gasteiger partial charge in [-0.3, -0.25) is 0 Å². The van der Waals surface area contributed by atoms with Gasteiger partial charge in [-0.1, -0.05) is 0 Å². The summed E-state index contributed by atoms with van der Waals surface area (Å²) < 4.78 is 4.92. The van der Waals surface area contributed by atoms with E-state index < -0.39 is 18.0 Å². The van der Waals surface area contributed by atoms with Gasteiger partial charge >= 0.3 is 11.9 Å². The Balaban J connectivity index is 2.26. The average Bonchev–Trinajstić information content (AvgIpc) is 2.47. The van der Waals surface area contributed by atoms with Crippen molar-refractivity contribution in [3.8, 4) is 0 Å². The molecule has 1 N–H and O–H groups in total. The van der Waals surface area contributed by atoms with E-state index in [0.717, 1.165) is 5.75 Å². The number of carbonyl (C=O) groups is 2. The molecule has 1 aliphatic rings. The second-order valence-electron chi connectivity index (χ2n) is 4.51. The summed E-state index contributed by atoms with van der Waals surface area (Å²) in [6, 6.07) is -0.642. The molecule has 1 atom stereocenters. The lowest BCUT2D eigenvalue weighted by Crippen LogP contribution is -2.48. The van der Waals surface area contributed by atoms with Crippen LogP contribution in [-0.4, -0.2) is 57.7 Å². The summed E-state index contributed by atoms with van der Waals surface area (Å²) in [4.78, 5) is 33.1. The molecule has 1 aromatic rings. The van der Waals surface area contributed by atoms with Crippen molar-refractivity contribution in [2.45, 2.75) is 19.9 Å². The number of rotatable bonds is 4. The van der Waals surface area contributed by atoms with Crippen LogP contribution in [0.1, 0.15) is 23.0 Å². The van der Waals surface area contributed by atoms with Gasteiger partial charge in [0.15, 0.2) is 0 Å². The van der Waals surface area contributed by atoms with E-state index in [4.69, 9.17) is 4.74 Å². The van der Waals surface area contributed by atoms with Gasteiger partial charge in [-0.25, -0.2) is 19.6 Å². The van der Waals surface area contributed by atoms with Crippen LogP contribution >= 0.6 is 11.8 Å². The zero-order valence-corrected chi connectivity index (χ0v) is 12.7. The fourth-order valence-corrected chi connectivity index (χ4v) is 3.09. The number of esters is 1. The first kappa shape index (κ1) is 15.6. The molecule has 0 aliphatic carbocycles. The van der Waals surface area contributed by atoms with Gasteiger partial charge in [0.1, 0.15) is 6.04 Å². The number of hydrogen-bond acceptors (Lipinski definition) is 7. The van der Waals surface area contributed by atoms with Crippen molar-refractivity contribution in [2.75, 3.05) is 29.6 Å². The number of aromatic nitrogens is 2. The van der Waals surface area contributed by atoms with Gasteiger partial charge in [-0.05, 0) is 13.8 Å². The molecule has 0 radical (unpaired) electrons. The number of thioether (sulfide) groups is 1. The number of hydrogen-bond donors (Lipinski definition) is 1. The molecular weight excluding hydrogens is 294 g/mol. The third kappa shape index (κ3) is 3.44. The zero-order valence-electron chi connectivity index (χ0n) is 11.9. The molecule has 21 heavy (non-hydrogen) atoms. The fraction of sp³-hybridized carbons (Fsp3) is 0.538. The van der Waals surface area contributed by atoms with Crippen molar-refractivity contribution >= 4 is 29.6 Å². The quantitative estimate of drug-likeness (QED) is 0.822. The van der Waals surface area contributed by atoms with E-state index in [0.29, 0.717) is 29.5 Å². The normalized spacial score (nSPS) is 18.4. The summed E-state index contributed by atoms with van der Waals surface area (Å²) in [7, 11) is 0. The van der Waals surface area contributed by atoms with Crippen molar-refractivity contribution in [1.82, 2.24) is 9.97 Å². The minimum absolute atomic E-state index is 0.282. The second kappa shape index (κ2) is 6.75. The van der Waals surface area contributed by atoms with E-state index in [2.05, 4.69) is 9.97 Å². The van der Waals surface area contributed by atoms with E-state index >= 15 is 0 Å². The molecule has 7 nitrogen and oxygen atoms in total. The smallest absolute Gasteiger partial charge is 0.341 e. The van der Waals surface area contributed by atoms with Crippen molar-refractivity contribution < 1.29 is 19.4 Å². The van der Waals surface area contributed by atoms with Crippen LogP contribution in [0.2, 0.25) is 0 Å². The molecule has 2 rings (SSSR count). The largest absolute Gasteiger partial charge is 0.480 e. The Morgan fingerprint density at radius 3 is 2.95 bits per heavy atom. The standard InChI is InChI=1S/C13H17N3O4S/c1-3-20-12(19)9-6-14-13(15-8(9)2)16-4-5-21-7-10(16)11(17)18/h6,10H,3-5,7H2,1-2H3,(H,17,18).